The van der Waals surface area contributed by atoms with E-state index in [0.717, 1.165) is 0 Å². The van der Waals surface area contributed by atoms with E-state index in [9.17, 15) is 0 Å². The van der Waals surface area contributed by atoms with Crippen molar-refractivity contribution in [2.75, 3.05) is 0 Å². The standard InChI is InChI=1S/C5H3BrNO/c6-5-2-1-4(8)3-7-5/h2-3,8H. The monoisotopic (exact) mass is 172 g/mol. The lowest BCUT2D eigenvalue weighted by atomic mass is 10.5. The maximum Gasteiger partial charge on any atom is 0.141 e. The van der Waals surface area contributed by atoms with Gasteiger partial charge in [-0.1, -0.05) is 0 Å². The van der Waals surface area contributed by atoms with Crippen molar-refractivity contribution < 1.29 is 5.11 Å². The number of aromatic nitrogens is 1. The molecule has 0 bridgehead atoms. The summed E-state index contributed by atoms with van der Waals surface area (Å²) < 4.78 is 0.676. The van der Waals surface area contributed by atoms with Crippen LogP contribution in [-0.2, 0) is 0 Å². The van der Waals surface area contributed by atoms with E-state index in [0.29, 0.717) is 4.60 Å². The molecular formula is C5H3BrNO. The highest BCUT2D eigenvalue weighted by Gasteiger charge is 1.86. The van der Waals surface area contributed by atoms with E-state index >= 15 is 0 Å². The van der Waals surface area contributed by atoms with Crippen molar-refractivity contribution in [1.82, 2.24) is 4.98 Å². The van der Waals surface area contributed by atoms with Crippen molar-refractivity contribution in [3.63, 3.8) is 0 Å². The largest absolute Gasteiger partial charge is 0.506 e. The van der Waals surface area contributed by atoms with Gasteiger partial charge in [-0.15, -0.1) is 0 Å². The van der Waals surface area contributed by atoms with Crippen molar-refractivity contribution >= 4 is 15.9 Å². The molecular weight excluding hydrogens is 170 g/mol. The predicted octanol–water partition coefficient (Wildman–Crippen LogP) is 1.35. The third-order valence-electron chi connectivity index (χ3n) is 0.649. The quantitative estimate of drug-likeness (QED) is 0.600. The van der Waals surface area contributed by atoms with E-state index in [1.807, 2.05) is 0 Å². The molecule has 0 aromatic carbocycles. The molecule has 1 radical (unpaired) electrons. The van der Waals surface area contributed by atoms with E-state index in [1.165, 1.54) is 6.20 Å². The van der Waals surface area contributed by atoms with Gasteiger partial charge < -0.3 is 5.11 Å². The molecule has 0 aliphatic carbocycles. The van der Waals surface area contributed by atoms with Crippen LogP contribution in [0.25, 0.3) is 0 Å². The zero-order valence-electron chi connectivity index (χ0n) is 3.93. The molecule has 1 aromatic rings. The Bertz CT molecular complexity index is 151. The molecule has 2 nitrogen and oxygen atoms in total. The molecule has 1 heterocycles. The molecule has 1 rings (SSSR count). The highest BCUT2D eigenvalue weighted by Crippen LogP contribution is 2.08. The van der Waals surface area contributed by atoms with Crippen molar-refractivity contribution in [2.45, 2.75) is 0 Å². The van der Waals surface area contributed by atoms with Gasteiger partial charge in [0.25, 0.3) is 0 Å². The topological polar surface area (TPSA) is 33.1 Å². The lowest BCUT2D eigenvalue weighted by Gasteiger charge is -1.86. The van der Waals surface area contributed by atoms with Crippen molar-refractivity contribution in [2.24, 2.45) is 0 Å². The summed E-state index contributed by atoms with van der Waals surface area (Å²) in [6.45, 7) is 0. The third kappa shape index (κ3) is 1.20. The summed E-state index contributed by atoms with van der Waals surface area (Å²) in [5.74, 6) is 0.0631. The number of aromatic hydroxyl groups is 1. The fourth-order valence-electron chi connectivity index (χ4n) is 0.331. The number of hydrogen-bond acceptors (Lipinski definition) is 2. The minimum absolute atomic E-state index is 0.0631. The van der Waals surface area contributed by atoms with Crippen LogP contribution in [-0.4, -0.2) is 10.1 Å². The number of hydrogen-bond donors (Lipinski definition) is 1. The van der Waals surface area contributed by atoms with Crippen LogP contribution in [0.1, 0.15) is 0 Å². The summed E-state index contributed by atoms with van der Waals surface area (Å²) in [6.07, 6.45) is 1.32. The molecule has 0 aliphatic rings. The van der Waals surface area contributed by atoms with E-state index in [4.69, 9.17) is 5.11 Å². The average Bonchev–Trinajstić information content (AvgIpc) is 1.77. The molecule has 1 aromatic heterocycles. The Morgan fingerprint density at radius 2 is 2.50 bits per heavy atom. The molecule has 0 spiro atoms. The maximum absolute atomic E-state index is 8.62. The van der Waals surface area contributed by atoms with Crippen LogP contribution >= 0.6 is 15.9 Å². The SMILES string of the molecule is Oc1[c]cc(Br)nc1. The second kappa shape index (κ2) is 2.13. The lowest BCUT2D eigenvalue weighted by molar-refractivity contribution is 0.471. The zero-order chi connectivity index (χ0) is 5.98. The molecule has 41 valence electrons. The first-order valence-electron chi connectivity index (χ1n) is 2.01. The van der Waals surface area contributed by atoms with Crippen LogP contribution in [0.4, 0.5) is 0 Å². The van der Waals surface area contributed by atoms with Gasteiger partial charge in [-0.25, -0.2) is 4.98 Å². The summed E-state index contributed by atoms with van der Waals surface area (Å²) in [6, 6.07) is 4.10. The number of rotatable bonds is 0. The summed E-state index contributed by atoms with van der Waals surface area (Å²) in [7, 11) is 0. The summed E-state index contributed by atoms with van der Waals surface area (Å²) in [5.41, 5.74) is 0. The van der Waals surface area contributed by atoms with Crippen LogP contribution in [0.5, 0.6) is 5.75 Å². The second-order valence-electron chi connectivity index (χ2n) is 1.25. The molecule has 0 amide bonds. The van der Waals surface area contributed by atoms with E-state index in [-0.39, 0.29) is 5.75 Å². The Morgan fingerprint density at radius 1 is 1.75 bits per heavy atom. The molecule has 8 heavy (non-hydrogen) atoms. The van der Waals surface area contributed by atoms with E-state index in [1.54, 1.807) is 6.07 Å². The maximum atomic E-state index is 8.62. The van der Waals surface area contributed by atoms with Gasteiger partial charge in [0.15, 0.2) is 0 Å². The first kappa shape index (κ1) is 5.56. The Morgan fingerprint density at radius 3 is 2.88 bits per heavy atom. The molecule has 0 unspecified atom stereocenters. The zero-order valence-corrected chi connectivity index (χ0v) is 5.51. The van der Waals surface area contributed by atoms with Gasteiger partial charge in [0.05, 0.1) is 6.20 Å². The van der Waals surface area contributed by atoms with Crippen LogP contribution in [0, 0.1) is 6.07 Å². The third-order valence-corrected chi connectivity index (χ3v) is 1.08. The molecule has 0 saturated heterocycles. The lowest BCUT2D eigenvalue weighted by Crippen LogP contribution is -1.70. The van der Waals surface area contributed by atoms with Crippen LogP contribution in [0.2, 0.25) is 0 Å². The predicted molar refractivity (Wildman–Crippen MR) is 32.4 cm³/mol. The fraction of sp³-hybridized carbons (Fsp3) is 0. The van der Waals surface area contributed by atoms with E-state index < -0.39 is 0 Å². The Balaban J connectivity index is 3.03. The normalized spacial score (nSPS) is 9.12. The van der Waals surface area contributed by atoms with Gasteiger partial charge in [0.1, 0.15) is 10.4 Å². The van der Waals surface area contributed by atoms with Gasteiger partial charge in [-0.05, 0) is 22.0 Å². The van der Waals surface area contributed by atoms with Gasteiger partial charge in [0, 0.05) is 6.07 Å². The van der Waals surface area contributed by atoms with E-state index in [2.05, 4.69) is 27.0 Å². The molecule has 0 atom stereocenters. The number of nitrogens with zero attached hydrogens (tertiary/aromatic N) is 1. The van der Waals surface area contributed by atoms with Crippen LogP contribution in [0.15, 0.2) is 16.9 Å². The fourth-order valence-corrected chi connectivity index (χ4v) is 0.548. The van der Waals surface area contributed by atoms with Gasteiger partial charge in [-0.2, -0.15) is 0 Å². The molecule has 0 fully saturated rings. The summed E-state index contributed by atoms with van der Waals surface area (Å²) >= 11 is 3.09. The highest BCUT2D eigenvalue weighted by atomic mass is 79.9. The first-order valence-corrected chi connectivity index (χ1v) is 2.80. The number of pyridine rings is 1. The summed E-state index contributed by atoms with van der Waals surface area (Å²) in [5, 5.41) is 8.62. The van der Waals surface area contributed by atoms with Crippen molar-refractivity contribution in [1.29, 1.82) is 0 Å². The van der Waals surface area contributed by atoms with Crippen LogP contribution < -0.4 is 0 Å². The smallest absolute Gasteiger partial charge is 0.141 e. The van der Waals surface area contributed by atoms with Crippen molar-refractivity contribution in [3.8, 4) is 5.75 Å². The number of halogens is 1. The van der Waals surface area contributed by atoms with Gasteiger partial charge in [0.2, 0.25) is 0 Å². The average molecular weight is 173 g/mol. The highest BCUT2D eigenvalue weighted by molar-refractivity contribution is 9.10. The Hall–Kier alpha value is -0.570. The Labute approximate surface area is 55.3 Å². The minimum atomic E-state index is 0.0631. The minimum Gasteiger partial charge on any atom is -0.506 e. The summed E-state index contributed by atoms with van der Waals surface area (Å²) in [4.78, 5) is 3.71. The molecule has 0 saturated carbocycles. The van der Waals surface area contributed by atoms with Crippen molar-refractivity contribution in [3.05, 3.63) is 22.9 Å². The second-order valence-corrected chi connectivity index (χ2v) is 2.07. The first-order chi connectivity index (χ1) is 3.79. The molecule has 0 aliphatic heterocycles. The van der Waals surface area contributed by atoms with Gasteiger partial charge in [-0.3, -0.25) is 0 Å². The Kier molecular flexibility index (Phi) is 1.48. The van der Waals surface area contributed by atoms with Crippen LogP contribution in [0.3, 0.4) is 0 Å². The molecule has 3 heteroatoms. The molecule has 1 N–H and O–H groups in total. The van der Waals surface area contributed by atoms with Gasteiger partial charge >= 0.3 is 0 Å².